The third-order valence-electron chi connectivity index (χ3n) is 3.35. The van der Waals surface area contributed by atoms with E-state index in [2.05, 4.69) is 29.6 Å². The summed E-state index contributed by atoms with van der Waals surface area (Å²) in [5.41, 5.74) is 2.46. The number of hydrogen-bond acceptors (Lipinski definition) is 1. The average molecular weight is 324 g/mol. The summed E-state index contributed by atoms with van der Waals surface area (Å²) in [6, 6.07) is 18.4. The number of benzene rings is 2. The Balaban J connectivity index is 0.00000242. The summed E-state index contributed by atoms with van der Waals surface area (Å²) >= 11 is 0. The first-order chi connectivity index (χ1) is 10.4. The number of alkyl halides is 1. The molecule has 2 N–H and O–H groups in total. The summed E-state index contributed by atoms with van der Waals surface area (Å²) in [4.78, 5) is 0. The number of rotatable bonds is 9. The van der Waals surface area contributed by atoms with E-state index in [9.17, 15) is 4.39 Å². The van der Waals surface area contributed by atoms with E-state index in [1.165, 1.54) is 11.1 Å². The molecule has 0 fully saturated rings. The summed E-state index contributed by atoms with van der Waals surface area (Å²) in [5, 5.41) is 2.17. The Labute approximate surface area is 138 Å². The zero-order chi connectivity index (χ0) is 14.8. The Hall–Kier alpha value is -1.58. The van der Waals surface area contributed by atoms with Crippen LogP contribution in [0.25, 0.3) is 0 Å². The molecule has 2 nitrogen and oxygen atoms in total. The van der Waals surface area contributed by atoms with Crippen molar-refractivity contribution in [1.82, 2.24) is 0 Å². The van der Waals surface area contributed by atoms with Crippen LogP contribution in [0, 0.1) is 0 Å². The largest absolute Gasteiger partial charge is 1.00 e. The van der Waals surface area contributed by atoms with Crippen LogP contribution in [0.15, 0.2) is 54.6 Å². The van der Waals surface area contributed by atoms with Crippen LogP contribution in [-0.2, 0) is 13.0 Å². The molecule has 0 radical (unpaired) electrons. The third-order valence-corrected chi connectivity index (χ3v) is 3.35. The van der Waals surface area contributed by atoms with Gasteiger partial charge < -0.3 is 22.5 Å². The first kappa shape index (κ1) is 18.5. The molecule has 0 spiro atoms. The van der Waals surface area contributed by atoms with Crippen LogP contribution in [0.3, 0.4) is 0 Å². The Morgan fingerprint density at radius 1 is 0.864 bits per heavy atom. The second-order valence-electron chi connectivity index (χ2n) is 5.08. The fraction of sp³-hybridized carbons (Fsp3) is 0.333. The van der Waals surface area contributed by atoms with Crippen LogP contribution >= 0.6 is 0 Å². The van der Waals surface area contributed by atoms with Crippen molar-refractivity contribution < 1.29 is 26.9 Å². The van der Waals surface area contributed by atoms with Gasteiger partial charge >= 0.3 is 0 Å². The lowest BCUT2D eigenvalue weighted by atomic mass is 10.1. The smallest absolute Gasteiger partial charge is 0.119 e. The minimum absolute atomic E-state index is 0. The Morgan fingerprint density at radius 3 is 2.27 bits per heavy atom. The molecule has 0 aliphatic rings. The summed E-state index contributed by atoms with van der Waals surface area (Å²) in [6.45, 7) is 2.25. The molecule has 2 rings (SSSR count). The first-order valence-corrected chi connectivity index (χ1v) is 7.52. The zero-order valence-electron chi connectivity index (χ0n) is 12.7. The molecule has 0 heterocycles. The van der Waals surface area contributed by atoms with Gasteiger partial charge in [-0.1, -0.05) is 42.5 Å². The van der Waals surface area contributed by atoms with Crippen molar-refractivity contribution in [1.29, 1.82) is 0 Å². The van der Waals surface area contributed by atoms with E-state index in [0.717, 1.165) is 25.3 Å². The highest BCUT2D eigenvalue weighted by molar-refractivity contribution is 5.27. The number of hydrogen-bond donors (Lipinski definition) is 1. The fourth-order valence-corrected chi connectivity index (χ4v) is 2.13. The molecule has 0 bridgehead atoms. The normalized spacial score (nSPS) is 10.0. The van der Waals surface area contributed by atoms with E-state index >= 15 is 0 Å². The van der Waals surface area contributed by atoms with Crippen LogP contribution in [0.2, 0.25) is 0 Å². The highest BCUT2D eigenvalue weighted by Crippen LogP contribution is 2.14. The van der Waals surface area contributed by atoms with E-state index in [1.54, 1.807) is 0 Å². The molecule has 0 saturated heterocycles. The molecule has 0 aromatic heterocycles. The van der Waals surface area contributed by atoms with Crippen LogP contribution in [0.4, 0.5) is 4.39 Å². The van der Waals surface area contributed by atoms with Gasteiger partial charge in [-0.2, -0.15) is 0 Å². The molecule has 2 aromatic rings. The van der Waals surface area contributed by atoms with Gasteiger partial charge in [0.1, 0.15) is 12.4 Å². The van der Waals surface area contributed by atoms with E-state index in [0.29, 0.717) is 13.0 Å². The lowest BCUT2D eigenvalue weighted by Crippen LogP contribution is -3.00. The number of ether oxygens (including phenoxy) is 1. The molecule has 0 unspecified atom stereocenters. The van der Waals surface area contributed by atoms with Gasteiger partial charge in [0, 0.05) is 12.8 Å². The molecular weight excluding hydrogens is 301 g/mol. The van der Waals surface area contributed by atoms with Gasteiger partial charge in [-0.25, -0.2) is 0 Å². The van der Waals surface area contributed by atoms with Gasteiger partial charge in [0.25, 0.3) is 0 Å². The molecule has 0 atom stereocenters. The van der Waals surface area contributed by atoms with Gasteiger partial charge in [0.05, 0.1) is 19.8 Å². The molecular formula is C18H23ClFNO. The van der Waals surface area contributed by atoms with E-state index in [-0.39, 0.29) is 19.1 Å². The molecule has 22 heavy (non-hydrogen) atoms. The first-order valence-electron chi connectivity index (χ1n) is 7.52. The van der Waals surface area contributed by atoms with E-state index in [1.807, 2.05) is 30.3 Å². The van der Waals surface area contributed by atoms with Crippen molar-refractivity contribution in [3.05, 3.63) is 65.7 Å². The van der Waals surface area contributed by atoms with Crippen LogP contribution in [0.5, 0.6) is 5.75 Å². The molecule has 0 saturated carbocycles. The van der Waals surface area contributed by atoms with Crippen molar-refractivity contribution in [2.24, 2.45) is 0 Å². The SMILES string of the molecule is FCCC[NH2+]CCc1ccc(OCc2ccccc2)cc1.[Cl-]. The minimum atomic E-state index is -0.218. The fourth-order valence-electron chi connectivity index (χ4n) is 2.13. The molecule has 0 amide bonds. The van der Waals surface area contributed by atoms with E-state index < -0.39 is 0 Å². The third kappa shape index (κ3) is 6.92. The lowest BCUT2D eigenvalue weighted by molar-refractivity contribution is -0.654. The quantitative estimate of drug-likeness (QED) is 0.632. The second-order valence-corrected chi connectivity index (χ2v) is 5.08. The summed E-state index contributed by atoms with van der Waals surface area (Å²) < 4.78 is 17.7. The zero-order valence-corrected chi connectivity index (χ0v) is 13.4. The summed E-state index contributed by atoms with van der Waals surface area (Å²) in [7, 11) is 0. The van der Waals surface area contributed by atoms with Crippen LogP contribution in [-0.4, -0.2) is 19.8 Å². The summed E-state index contributed by atoms with van der Waals surface area (Å²) in [6.07, 6.45) is 1.65. The van der Waals surface area contributed by atoms with Crippen molar-refractivity contribution in [3.8, 4) is 5.75 Å². The molecule has 4 heteroatoms. The maximum atomic E-state index is 11.9. The average Bonchev–Trinajstić information content (AvgIpc) is 2.55. The van der Waals surface area contributed by atoms with Gasteiger partial charge in [-0.15, -0.1) is 0 Å². The second kappa shape index (κ2) is 11.0. The monoisotopic (exact) mass is 323 g/mol. The Bertz CT molecular complexity index is 504. The molecule has 2 aromatic carbocycles. The standard InChI is InChI=1S/C18H22FNO.ClH/c19-12-4-13-20-14-11-16-7-9-18(10-8-16)21-15-17-5-2-1-3-6-17;/h1-3,5-10,20H,4,11-15H2;1H. The molecule has 120 valence electrons. The van der Waals surface area contributed by atoms with Gasteiger partial charge in [0.15, 0.2) is 0 Å². The lowest BCUT2D eigenvalue weighted by Gasteiger charge is -2.07. The number of halogens is 2. The van der Waals surface area contributed by atoms with Crippen molar-refractivity contribution in [3.63, 3.8) is 0 Å². The van der Waals surface area contributed by atoms with Crippen LogP contribution < -0.4 is 22.5 Å². The van der Waals surface area contributed by atoms with Crippen molar-refractivity contribution in [2.75, 3.05) is 19.8 Å². The maximum Gasteiger partial charge on any atom is 0.119 e. The van der Waals surface area contributed by atoms with Gasteiger partial charge in [-0.3, -0.25) is 4.39 Å². The Morgan fingerprint density at radius 2 is 1.59 bits per heavy atom. The predicted molar refractivity (Wildman–Crippen MR) is 83.2 cm³/mol. The topological polar surface area (TPSA) is 25.8 Å². The highest BCUT2D eigenvalue weighted by Gasteiger charge is 1.98. The van der Waals surface area contributed by atoms with Crippen LogP contribution in [0.1, 0.15) is 17.5 Å². The highest BCUT2D eigenvalue weighted by atomic mass is 35.5. The van der Waals surface area contributed by atoms with Gasteiger partial charge in [-0.05, 0) is 23.3 Å². The number of nitrogens with two attached hydrogens (primary N) is 1. The molecule has 0 aliphatic carbocycles. The van der Waals surface area contributed by atoms with E-state index in [4.69, 9.17) is 4.74 Å². The maximum absolute atomic E-state index is 11.9. The molecule has 0 aliphatic heterocycles. The van der Waals surface area contributed by atoms with Crippen molar-refractivity contribution >= 4 is 0 Å². The number of quaternary nitrogens is 1. The Kier molecular flexibility index (Phi) is 9.28. The minimum Gasteiger partial charge on any atom is -1.00 e. The van der Waals surface area contributed by atoms with Gasteiger partial charge in [0.2, 0.25) is 0 Å². The van der Waals surface area contributed by atoms with Crippen molar-refractivity contribution in [2.45, 2.75) is 19.4 Å². The predicted octanol–water partition coefficient (Wildman–Crippen LogP) is -0.265. The summed E-state index contributed by atoms with van der Waals surface area (Å²) in [5.74, 6) is 0.893.